The lowest BCUT2D eigenvalue weighted by atomic mass is 10.3. The Balaban J connectivity index is 1.82. The van der Waals surface area contributed by atoms with Gasteiger partial charge in [-0.05, 0) is 19.1 Å². The Kier molecular flexibility index (Phi) is 3.72. The van der Waals surface area contributed by atoms with Crippen LogP contribution in [0.25, 0.3) is 0 Å². The molecule has 0 aliphatic heterocycles. The number of rotatable bonds is 5. The van der Waals surface area contributed by atoms with Crippen LogP contribution in [0.1, 0.15) is 18.7 Å². The maximum absolute atomic E-state index is 5.70. The van der Waals surface area contributed by atoms with Crippen LogP contribution in [0, 0.1) is 0 Å². The van der Waals surface area contributed by atoms with Crippen molar-refractivity contribution in [2.24, 2.45) is 5.73 Å². The van der Waals surface area contributed by atoms with Gasteiger partial charge in [0.1, 0.15) is 12.4 Å². The largest absolute Gasteiger partial charge is 0.492 e. The molecule has 5 heteroatoms. The summed E-state index contributed by atoms with van der Waals surface area (Å²) in [5.41, 5.74) is 6.50. The monoisotopic (exact) mass is 232 g/mol. The van der Waals surface area contributed by atoms with E-state index in [0.717, 1.165) is 11.4 Å². The first-order valence-corrected chi connectivity index (χ1v) is 5.59. The van der Waals surface area contributed by atoms with Crippen molar-refractivity contribution < 1.29 is 4.74 Å². The molecule has 0 aliphatic carbocycles. The topological polar surface area (TPSA) is 66.0 Å². The van der Waals surface area contributed by atoms with Crippen LogP contribution in [0.4, 0.5) is 0 Å². The molecule has 0 amide bonds. The minimum absolute atomic E-state index is 0.0845. The molecular weight excluding hydrogens is 216 g/mol. The van der Waals surface area contributed by atoms with E-state index in [1.807, 2.05) is 43.5 Å². The molecule has 0 saturated heterocycles. The molecule has 17 heavy (non-hydrogen) atoms. The quantitative estimate of drug-likeness (QED) is 0.845. The first-order chi connectivity index (χ1) is 8.25. The van der Waals surface area contributed by atoms with Gasteiger partial charge < -0.3 is 10.5 Å². The summed E-state index contributed by atoms with van der Waals surface area (Å²) < 4.78 is 7.30. The molecule has 0 fully saturated rings. The Bertz CT molecular complexity index is 453. The number of nitrogens with two attached hydrogens (primary N) is 1. The first kappa shape index (κ1) is 11.6. The molecule has 2 aromatic rings. The van der Waals surface area contributed by atoms with E-state index in [0.29, 0.717) is 13.2 Å². The van der Waals surface area contributed by atoms with Gasteiger partial charge in [0, 0.05) is 6.04 Å². The Labute approximate surface area is 100 Å². The van der Waals surface area contributed by atoms with Gasteiger partial charge in [-0.25, -0.2) is 4.68 Å². The lowest BCUT2D eigenvalue weighted by molar-refractivity contribution is 0.289. The van der Waals surface area contributed by atoms with Crippen molar-refractivity contribution in [3.05, 3.63) is 42.2 Å². The molecular formula is C12H16N4O. The Morgan fingerprint density at radius 2 is 2.12 bits per heavy atom. The lowest BCUT2D eigenvalue weighted by Crippen LogP contribution is -2.09. The van der Waals surface area contributed by atoms with Gasteiger partial charge in [-0.2, -0.15) is 0 Å². The van der Waals surface area contributed by atoms with Crippen molar-refractivity contribution >= 4 is 0 Å². The fraction of sp³-hybridized carbons (Fsp3) is 0.333. The van der Waals surface area contributed by atoms with Crippen LogP contribution in [-0.4, -0.2) is 21.6 Å². The highest BCUT2D eigenvalue weighted by molar-refractivity contribution is 5.20. The molecule has 5 nitrogen and oxygen atoms in total. The summed E-state index contributed by atoms with van der Waals surface area (Å²) in [6.07, 6.45) is 1.85. The van der Waals surface area contributed by atoms with Crippen molar-refractivity contribution in [3.8, 4) is 5.75 Å². The number of ether oxygens (including phenoxy) is 1. The van der Waals surface area contributed by atoms with Gasteiger partial charge in [0.25, 0.3) is 0 Å². The molecule has 1 atom stereocenters. The molecule has 0 spiro atoms. The second-order valence-corrected chi connectivity index (χ2v) is 3.86. The van der Waals surface area contributed by atoms with E-state index in [2.05, 4.69) is 10.3 Å². The van der Waals surface area contributed by atoms with Crippen molar-refractivity contribution in [2.45, 2.75) is 19.5 Å². The van der Waals surface area contributed by atoms with Crippen LogP contribution in [-0.2, 0) is 6.54 Å². The summed E-state index contributed by atoms with van der Waals surface area (Å²) in [5.74, 6) is 0.861. The van der Waals surface area contributed by atoms with Gasteiger partial charge in [0.05, 0.1) is 18.4 Å². The standard InChI is InChI=1S/C12H16N4O/c1-10(13)12-9-16(15-14-12)7-8-17-11-5-3-2-4-6-11/h2-6,9-10H,7-8,13H2,1H3. The van der Waals surface area contributed by atoms with Crippen molar-refractivity contribution in [1.82, 2.24) is 15.0 Å². The highest BCUT2D eigenvalue weighted by Gasteiger charge is 2.04. The van der Waals surface area contributed by atoms with E-state index in [4.69, 9.17) is 10.5 Å². The zero-order chi connectivity index (χ0) is 12.1. The number of benzene rings is 1. The van der Waals surface area contributed by atoms with Gasteiger partial charge in [0.2, 0.25) is 0 Å². The lowest BCUT2D eigenvalue weighted by Gasteiger charge is -2.05. The second kappa shape index (κ2) is 5.45. The molecule has 0 saturated carbocycles. The smallest absolute Gasteiger partial charge is 0.119 e. The van der Waals surface area contributed by atoms with Crippen LogP contribution in [0.3, 0.4) is 0 Å². The minimum atomic E-state index is -0.0845. The Morgan fingerprint density at radius 3 is 2.76 bits per heavy atom. The summed E-state index contributed by atoms with van der Waals surface area (Å²) in [6.45, 7) is 3.11. The fourth-order valence-corrected chi connectivity index (χ4v) is 1.41. The highest BCUT2D eigenvalue weighted by Crippen LogP contribution is 2.08. The fourth-order valence-electron chi connectivity index (χ4n) is 1.41. The molecule has 2 rings (SSSR count). The molecule has 0 bridgehead atoms. The van der Waals surface area contributed by atoms with Crippen LogP contribution in [0.5, 0.6) is 5.75 Å². The van der Waals surface area contributed by atoms with E-state index in [9.17, 15) is 0 Å². The van der Waals surface area contributed by atoms with Gasteiger partial charge >= 0.3 is 0 Å². The second-order valence-electron chi connectivity index (χ2n) is 3.86. The zero-order valence-corrected chi connectivity index (χ0v) is 9.78. The van der Waals surface area contributed by atoms with Crippen molar-refractivity contribution in [3.63, 3.8) is 0 Å². The molecule has 90 valence electrons. The average Bonchev–Trinajstić information content (AvgIpc) is 2.79. The normalized spacial score (nSPS) is 12.4. The summed E-state index contributed by atoms with van der Waals surface area (Å²) >= 11 is 0. The van der Waals surface area contributed by atoms with Gasteiger partial charge in [-0.1, -0.05) is 23.4 Å². The third-order valence-corrected chi connectivity index (χ3v) is 2.36. The molecule has 0 radical (unpaired) electrons. The number of hydrogen-bond donors (Lipinski definition) is 1. The Hall–Kier alpha value is -1.88. The molecule has 1 heterocycles. The summed E-state index contributed by atoms with van der Waals surface area (Å²) in [6, 6.07) is 9.61. The van der Waals surface area contributed by atoms with Gasteiger partial charge in [0.15, 0.2) is 0 Å². The maximum Gasteiger partial charge on any atom is 0.119 e. The number of aromatic nitrogens is 3. The van der Waals surface area contributed by atoms with Gasteiger partial charge in [-0.15, -0.1) is 5.10 Å². The SMILES string of the molecule is CC(N)c1cn(CCOc2ccccc2)nn1. The van der Waals surface area contributed by atoms with Crippen molar-refractivity contribution in [1.29, 1.82) is 0 Å². The highest BCUT2D eigenvalue weighted by atomic mass is 16.5. The predicted octanol–water partition coefficient (Wildman–Crippen LogP) is 1.38. The summed E-state index contributed by atoms with van der Waals surface area (Å²) in [5, 5.41) is 7.95. The Morgan fingerprint density at radius 1 is 1.35 bits per heavy atom. The average molecular weight is 232 g/mol. The van der Waals surface area contributed by atoms with Gasteiger partial charge in [-0.3, -0.25) is 0 Å². The van der Waals surface area contributed by atoms with Crippen molar-refractivity contribution in [2.75, 3.05) is 6.61 Å². The maximum atomic E-state index is 5.70. The van der Waals surface area contributed by atoms with Crippen LogP contribution < -0.4 is 10.5 Å². The van der Waals surface area contributed by atoms with E-state index >= 15 is 0 Å². The first-order valence-electron chi connectivity index (χ1n) is 5.59. The number of para-hydroxylation sites is 1. The molecule has 1 aromatic heterocycles. The van der Waals surface area contributed by atoms with E-state index < -0.39 is 0 Å². The van der Waals surface area contributed by atoms with E-state index in [-0.39, 0.29) is 6.04 Å². The summed E-state index contributed by atoms with van der Waals surface area (Å²) in [7, 11) is 0. The third kappa shape index (κ3) is 3.29. The van der Waals surface area contributed by atoms with Crippen LogP contribution in [0.15, 0.2) is 36.5 Å². The summed E-state index contributed by atoms with van der Waals surface area (Å²) in [4.78, 5) is 0. The van der Waals surface area contributed by atoms with E-state index in [1.165, 1.54) is 0 Å². The molecule has 1 aromatic carbocycles. The van der Waals surface area contributed by atoms with Crippen LogP contribution >= 0.6 is 0 Å². The molecule has 0 aliphatic rings. The van der Waals surface area contributed by atoms with Crippen LogP contribution in [0.2, 0.25) is 0 Å². The minimum Gasteiger partial charge on any atom is -0.492 e. The molecule has 2 N–H and O–H groups in total. The predicted molar refractivity (Wildman–Crippen MR) is 64.6 cm³/mol. The number of hydrogen-bond acceptors (Lipinski definition) is 4. The molecule has 1 unspecified atom stereocenters. The van der Waals surface area contributed by atoms with E-state index in [1.54, 1.807) is 4.68 Å². The zero-order valence-electron chi connectivity index (χ0n) is 9.78. The third-order valence-electron chi connectivity index (χ3n) is 2.36. The number of nitrogens with zero attached hydrogens (tertiary/aromatic N) is 3.